The van der Waals surface area contributed by atoms with E-state index in [1.807, 2.05) is 38.1 Å². The predicted octanol–water partition coefficient (Wildman–Crippen LogP) is 3.06. The third-order valence-electron chi connectivity index (χ3n) is 3.13. The molecular weight excluding hydrogens is 282 g/mol. The number of hydrogen-bond donors (Lipinski definition) is 2. The van der Waals surface area contributed by atoms with Crippen LogP contribution >= 0.6 is 12.2 Å². The van der Waals surface area contributed by atoms with E-state index in [2.05, 4.69) is 28.0 Å². The minimum Gasteiger partial charge on any atom is -0.497 e. The van der Waals surface area contributed by atoms with Crippen LogP contribution in [0.2, 0.25) is 0 Å². The zero-order valence-corrected chi connectivity index (χ0v) is 13.3. The summed E-state index contributed by atoms with van der Waals surface area (Å²) in [4.78, 5) is 0. The second-order valence-corrected chi connectivity index (χ2v) is 5.00. The molecule has 0 spiro atoms. The molecular formula is C16H19N3OS. The summed E-state index contributed by atoms with van der Waals surface area (Å²) in [5, 5.41) is 10.1. The molecule has 2 aromatic carbocycles. The van der Waals surface area contributed by atoms with Crippen LogP contribution in [-0.2, 0) is 0 Å². The summed E-state index contributed by atoms with van der Waals surface area (Å²) in [7, 11) is 1.67. The minimum atomic E-state index is 0.530. The Balaban J connectivity index is 2.22. The monoisotopic (exact) mass is 301 g/mol. The SMILES string of the molecule is CCNC(=S)N/N=C(/C)c1ccc2cc(OC)ccc2c1. The Bertz CT molecular complexity index is 682. The van der Waals surface area contributed by atoms with Crippen molar-refractivity contribution in [1.29, 1.82) is 0 Å². The van der Waals surface area contributed by atoms with E-state index in [9.17, 15) is 0 Å². The third-order valence-corrected chi connectivity index (χ3v) is 3.36. The van der Waals surface area contributed by atoms with Crippen molar-refractivity contribution < 1.29 is 4.74 Å². The van der Waals surface area contributed by atoms with Crippen LogP contribution in [0.4, 0.5) is 0 Å². The van der Waals surface area contributed by atoms with Gasteiger partial charge in [0.25, 0.3) is 0 Å². The Morgan fingerprint density at radius 3 is 2.62 bits per heavy atom. The van der Waals surface area contributed by atoms with E-state index in [-0.39, 0.29) is 0 Å². The van der Waals surface area contributed by atoms with Gasteiger partial charge in [-0.25, -0.2) is 0 Å². The molecule has 110 valence electrons. The maximum Gasteiger partial charge on any atom is 0.186 e. The van der Waals surface area contributed by atoms with Gasteiger partial charge in [-0.1, -0.05) is 18.2 Å². The average Bonchev–Trinajstić information content (AvgIpc) is 2.51. The smallest absolute Gasteiger partial charge is 0.186 e. The summed E-state index contributed by atoms with van der Waals surface area (Å²) < 4.78 is 5.23. The maximum absolute atomic E-state index is 5.23. The van der Waals surface area contributed by atoms with Crippen LogP contribution in [0.15, 0.2) is 41.5 Å². The van der Waals surface area contributed by atoms with E-state index >= 15 is 0 Å². The lowest BCUT2D eigenvalue weighted by Crippen LogP contribution is -2.32. The minimum absolute atomic E-state index is 0.530. The number of nitrogens with zero attached hydrogens (tertiary/aromatic N) is 1. The van der Waals surface area contributed by atoms with Crippen molar-refractivity contribution in [2.24, 2.45) is 5.10 Å². The number of rotatable bonds is 4. The highest BCUT2D eigenvalue weighted by Crippen LogP contribution is 2.22. The molecule has 0 heterocycles. The molecule has 2 aromatic rings. The number of hydrazone groups is 1. The summed E-state index contributed by atoms with van der Waals surface area (Å²) in [5.74, 6) is 0.860. The van der Waals surface area contributed by atoms with E-state index in [4.69, 9.17) is 17.0 Å². The zero-order valence-electron chi connectivity index (χ0n) is 12.4. The average molecular weight is 301 g/mol. The number of fused-ring (bicyclic) bond motifs is 1. The van der Waals surface area contributed by atoms with Crippen LogP contribution in [-0.4, -0.2) is 24.5 Å². The highest BCUT2D eigenvalue weighted by Gasteiger charge is 2.02. The molecule has 0 aliphatic rings. The van der Waals surface area contributed by atoms with Gasteiger partial charge in [0, 0.05) is 6.54 Å². The van der Waals surface area contributed by atoms with Crippen molar-refractivity contribution in [2.75, 3.05) is 13.7 Å². The molecule has 4 nitrogen and oxygen atoms in total. The normalized spacial score (nSPS) is 11.3. The number of thiocarbonyl (C=S) groups is 1. The number of benzene rings is 2. The van der Waals surface area contributed by atoms with Gasteiger partial charge in [0.1, 0.15) is 5.75 Å². The molecule has 0 saturated carbocycles. The fraction of sp³-hybridized carbons (Fsp3) is 0.250. The third kappa shape index (κ3) is 3.92. The number of nitrogens with one attached hydrogen (secondary N) is 2. The van der Waals surface area contributed by atoms with Crippen molar-refractivity contribution >= 4 is 33.8 Å². The van der Waals surface area contributed by atoms with E-state index < -0.39 is 0 Å². The highest BCUT2D eigenvalue weighted by molar-refractivity contribution is 7.80. The topological polar surface area (TPSA) is 45.7 Å². The van der Waals surface area contributed by atoms with E-state index in [1.54, 1.807) is 7.11 Å². The molecule has 0 amide bonds. The Morgan fingerprint density at radius 1 is 1.19 bits per heavy atom. The second-order valence-electron chi connectivity index (χ2n) is 4.60. The molecule has 0 atom stereocenters. The van der Waals surface area contributed by atoms with Crippen molar-refractivity contribution in [3.05, 3.63) is 42.0 Å². The first kappa shape index (κ1) is 15.3. The predicted molar refractivity (Wildman–Crippen MR) is 92.1 cm³/mol. The fourth-order valence-electron chi connectivity index (χ4n) is 1.98. The highest BCUT2D eigenvalue weighted by atomic mass is 32.1. The molecule has 0 fully saturated rings. The van der Waals surface area contributed by atoms with Gasteiger partial charge in [-0.3, -0.25) is 5.43 Å². The van der Waals surface area contributed by atoms with E-state index in [1.165, 1.54) is 0 Å². The van der Waals surface area contributed by atoms with Gasteiger partial charge in [0.05, 0.1) is 12.8 Å². The first-order valence-electron chi connectivity index (χ1n) is 6.80. The lowest BCUT2D eigenvalue weighted by molar-refractivity contribution is 0.415. The first-order valence-corrected chi connectivity index (χ1v) is 7.21. The molecule has 0 unspecified atom stereocenters. The molecule has 0 saturated heterocycles. The number of ether oxygens (including phenoxy) is 1. The largest absolute Gasteiger partial charge is 0.497 e. The van der Waals surface area contributed by atoms with Gasteiger partial charge >= 0.3 is 0 Å². The quantitative estimate of drug-likeness (QED) is 0.517. The molecule has 5 heteroatoms. The van der Waals surface area contributed by atoms with Gasteiger partial charge < -0.3 is 10.1 Å². The Morgan fingerprint density at radius 2 is 1.90 bits per heavy atom. The molecule has 0 aliphatic carbocycles. The Hall–Kier alpha value is -2.14. The van der Waals surface area contributed by atoms with Gasteiger partial charge in [-0.15, -0.1) is 0 Å². The zero-order chi connectivity index (χ0) is 15.2. The van der Waals surface area contributed by atoms with Crippen molar-refractivity contribution in [1.82, 2.24) is 10.7 Å². The standard InChI is InChI=1S/C16H19N3OS/c1-4-17-16(21)19-18-11(2)12-5-6-14-10-15(20-3)8-7-13(14)9-12/h5-10H,4H2,1-3H3,(H2,17,19,21)/b18-11-. The number of hydrogen-bond acceptors (Lipinski definition) is 3. The molecule has 0 aromatic heterocycles. The summed E-state index contributed by atoms with van der Waals surface area (Å²) in [6, 6.07) is 12.2. The van der Waals surface area contributed by atoms with Crippen LogP contribution in [0.1, 0.15) is 19.4 Å². The molecule has 0 aliphatic heterocycles. The Kier molecular flexibility index (Phi) is 5.11. The van der Waals surface area contributed by atoms with Crippen LogP contribution < -0.4 is 15.5 Å². The number of methoxy groups -OCH3 is 1. The van der Waals surface area contributed by atoms with Crippen molar-refractivity contribution in [2.45, 2.75) is 13.8 Å². The van der Waals surface area contributed by atoms with Crippen LogP contribution in [0.5, 0.6) is 5.75 Å². The first-order chi connectivity index (χ1) is 10.1. The summed E-state index contributed by atoms with van der Waals surface area (Å²) in [5.41, 5.74) is 4.77. The molecule has 0 radical (unpaired) electrons. The van der Waals surface area contributed by atoms with Crippen LogP contribution in [0.3, 0.4) is 0 Å². The van der Waals surface area contributed by atoms with Crippen molar-refractivity contribution in [3.63, 3.8) is 0 Å². The van der Waals surface area contributed by atoms with Gasteiger partial charge in [0.15, 0.2) is 5.11 Å². The molecule has 0 bridgehead atoms. The summed E-state index contributed by atoms with van der Waals surface area (Å²) in [6.07, 6.45) is 0. The van der Waals surface area contributed by atoms with Crippen LogP contribution in [0.25, 0.3) is 10.8 Å². The summed E-state index contributed by atoms with van der Waals surface area (Å²) in [6.45, 7) is 4.71. The molecule has 21 heavy (non-hydrogen) atoms. The van der Waals surface area contributed by atoms with Crippen molar-refractivity contribution in [3.8, 4) is 5.75 Å². The second kappa shape index (κ2) is 7.04. The van der Waals surface area contributed by atoms with Gasteiger partial charge in [0.2, 0.25) is 0 Å². The van der Waals surface area contributed by atoms with Gasteiger partial charge in [-0.2, -0.15) is 5.10 Å². The lowest BCUT2D eigenvalue weighted by Gasteiger charge is -2.07. The Labute approximate surface area is 130 Å². The fourth-order valence-corrected chi connectivity index (χ4v) is 2.17. The lowest BCUT2D eigenvalue weighted by atomic mass is 10.0. The molecule has 2 rings (SSSR count). The summed E-state index contributed by atoms with van der Waals surface area (Å²) >= 11 is 5.08. The maximum atomic E-state index is 5.23. The molecule has 2 N–H and O–H groups in total. The van der Waals surface area contributed by atoms with E-state index in [0.29, 0.717) is 5.11 Å². The van der Waals surface area contributed by atoms with Crippen LogP contribution in [0, 0.1) is 0 Å². The van der Waals surface area contributed by atoms with E-state index in [0.717, 1.165) is 34.3 Å². The van der Waals surface area contributed by atoms with Gasteiger partial charge in [-0.05, 0) is 60.6 Å².